The molecule has 0 bridgehead atoms. The van der Waals surface area contributed by atoms with Crippen LogP contribution in [0.25, 0.3) is 0 Å². The topological polar surface area (TPSA) is 41.1 Å². The molecule has 1 heterocycles. The molecule has 12 heavy (non-hydrogen) atoms. The zero-order valence-electron chi connectivity index (χ0n) is 7.73. The van der Waals surface area contributed by atoms with Crippen molar-refractivity contribution in [1.82, 2.24) is 10.6 Å². The second-order valence-electron chi connectivity index (χ2n) is 3.36. The van der Waals surface area contributed by atoms with Gasteiger partial charge in [0.15, 0.2) is 0 Å². The van der Waals surface area contributed by atoms with Gasteiger partial charge in [-0.15, -0.1) is 0 Å². The van der Waals surface area contributed by atoms with Gasteiger partial charge in [0.05, 0.1) is 0 Å². The van der Waals surface area contributed by atoms with E-state index in [2.05, 4.69) is 17.6 Å². The third-order valence-corrected chi connectivity index (χ3v) is 2.18. The Morgan fingerprint density at radius 2 is 2.50 bits per heavy atom. The number of unbranched alkanes of at least 4 members (excludes halogenated alkanes) is 1. The molecule has 0 aliphatic carbocycles. The van der Waals surface area contributed by atoms with Gasteiger partial charge in [-0.05, 0) is 19.4 Å². The predicted molar refractivity (Wildman–Crippen MR) is 48.9 cm³/mol. The van der Waals surface area contributed by atoms with Crippen LogP contribution in [0, 0.1) is 0 Å². The van der Waals surface area contributed by atoms with E-state index in [9.17, 15) is 4.79 Å². The average molecular weight is 170 g/mol. The van der Waals surface area contributed by atoms with Crippen LogP contribution in [-0.2, 0) is 4.79 Å². The van der Waals surface area contributed by atoms with Crippen LogP contribution >= 0.6 is 0 Å². The molecule has 0 aromatic rings. The average Bonchev–Trinajstić information content (AvgIpc) is 2.53. The molecule has 0 unspecified atom stereocenters. The van der Waals surface area contributed by atoms with Gasteiger partial charge in [0, 0.05) is 19.0 Å². The lowest BCUT2D eigenvalue weighted by Gasteiger charge is -2.10. The Bertz CT molecular complexity index is 141. The molecule has 2 N–H and O–H groups in total. The summed E-state index contributed by atoms with van der Waals surface area (Å²) in [5.74, 6) is 0.213. The van der Waals surface area contributed by atoms with Crippen molar-refractivity contribution in [2.75, 3.05) is 13.1 Å². The Hall–Kier alpha value is -0.570. The smallest absolute Gasteiger partial charge is 0.220 e. The standard InChI is InChI=1S/C9H18N2O/c1-2-3-4-9(12)11-8-5-6-10-7-8/h8,10H,2-7H2,1H3,(H,11,12)/t8-/m1/s1. The molecule has 1 fully saturated rings. The highest BCUT2D eigenvalue weighted by Gasteiger charge is 2.15. The monoisotopic (exact) mass is 170 g/mol. The van der Waals surface area contributed by atoms with Gasteiger partial charge in [0.25, 0.3) is 0 Å². The first-order valence-corrected chi connectivity index (χ1v) is 4.83. The number of hydrogen-bond donors (Lipinski definition) is 2. The first-order valence-electron chi connectivity index (χ1n) is 4.83. The normalized spacial score (nSPS) is 22.6. The van der Waals surface area contributed by atoms with Gasteiger partial charge < -0.3 is 10.6 Å². The molecule has 3 heteroatoms. The van der Waals surface area contributed by atoms with E-state index in [1.807, 2.05) is 0 Å². The van der Waals surface area contributed by atoms with Crippen LogP contribution in [0.1, 0.15) is 32.6 Å². The lowest BCUT2D eigenvalue weighted by atomic mass is 10.2. The third-order valence-electron chi connectivity index (χ3n) is 2.18. The molecule has 0 aromatic heterocycles. The second-order valence-corrected chi connectivity index (χ2v) is 3.36. The predicted octanol–water partition coefficient (Wildman–Crippen LogP) is 0.655. The number of carbonyl (C=O) groups excluding carboxylic acids is 1. The Morgan fingerprint density at radius 1 is 1.67 bits per heavy atom. The first-order chi connectivity index (χ1) is 5.83. The zero-order valence-corrected chi connectivity index (χ0v) is 7.73. The maximum Gasteiger partial charge on any atom is 0.220 e. The van der Waals surface area contributed by atoms with Crippen LogP contribution in [-0.4, -0.2) is 25.0 Å². The van der Waals surface area contributed by atoms with E-state index in [0.717, 1.165) is 32.4 Å². The summed E-state index contributed by atoms with van der Waals surface area (Å²) in [5, 5.41) is 6.23. The molecule has 1 atom stereocenters. The van der Waals surface area contributed by atoms with Gasteiger partial charge in [-0.3, -0.25) is 4.79 Å². The fourth-order valence-electron chi connectivity index (χ4n) is 1.42. The van der Waals surface area contributed by atoms with E-state index >= 15 is 0 Å². The highest BCUT2D eigenvalue weighted by atomic mass is 16.1. The summed E-state index contributed by atoms with van der Waals surface area (Å²) in [6.07, 6.45) is 3.87. The van der Waals surface area contributed by atoms with Crippen LogP contribution < -0.4 is 10.6 Å². The van der Waals surface area contributed by atoms with E-state index < -0.39 is 0 Å². The lowest BCUT2D eigenvalue weighted by molar-refractivity contribution is -0.121. The van der Waals surface area contributed by atoms with Gasteiger partial charge in [0.2, 0.25) is 5.91 Å². The number of hydrogen-bond acceptors (Lipinski definition) is 2. The molecule has 1 amide bonds. The molecule has 70 valence electrons. The highest BCUT2D eigenvalue weighted by Crippen LogP contribution is 1.99. The minimum absolute atomic E-state index is 0.213. The molecule has 1 saturated heterocycles. The molecule has 1 aliphatic rings. The summed E-state index contributed by atoms with van der Waals surface area (Å²) in [7, 11) is 0. The first kappa shape index (κ1) is 9.52. The summed E-state index contributed by atoms with van der Waals surface area (Å²) in [4.78, 5) is 11.2. The lowest BCUT2D eigenvalue weighted by Crippen LogP contribution is -2.35. The van der Waals surface area contributed by atoms with Crippen LogP contribution in [0.5, 0.6) is 0 Å². The summed E-state index contributed by atoms with van der Waals surface area (Å²) in [6, 6.07) is 0.384. The zero-order chi connectivity index (χ0) is 8.81. The molecule has 1 aliphatic heterocycles. The van der Waals surface area contributed by atoms with E-state index in [-0.39, 0.29) is 5.91 Å². The summed E-state index contributed by atoms with van der Waals surface area (Å²) in [6.45, 7) is 4.08. The maximum atomic E-state index is 11.2. The third kappa shape index (κ3) is 3.22. The van der Waals surface area contributed by atoms with Crippen LogP contribution in [0.3, 0.4) is 0 Å². The molecular formula is C9H18N2O. The van der Waals surface area contributed by atoms with Crippen molar-refractivity contribution in [2.24, 2.45) is 0 Å². The van der Waals surface area contributed by atoms with E-state index in [4.69, 9.17) is 0 Å². The van der Waals surface area contributed by atoms with Crippen LogP contribution in [0.4, 0.5) is 0 Å². The van der Waals surface area contributed by atoms with E-state index in [0.29, 0.717) is 12.5 Å². The molecule has 1 rings (SSSR count). The minimum atomic E-state index is 0.213. The molecule has 3 nitrogen and oxygen atoms in total. The fraction of sp³-hybridized carbons (Fsp3) is 0.889. The van der Waals surface area contributed by atoms with E-state index in [1.165, 1.54) is 0 Å². The van der Waals surface area contributed by atoms with Crippen molar-refractivity contribution >= 4 is 5.91 Å². The van der Waals surface area contributed by atoms with Gasteiger partial charge in [-0.2, -0.15) is 0 Å². The largest absolute Gasteiger partial charge is 0.352 e. The van der Waals surface area contributed by atoms with Crippen molar-refractivity contribution in [2.45, 2.75) is 38.6 Å². The van der Waals surface area contributed by atoms with Crippen LogP contribution in [0.15, 0.2) is 0 Å². The molecular weight excluding hydrogens is 152 g/mol. The van der Waals surface area contributed by atoms with Crippen molar-refractivity contribution in [3.8, 4) is 0 Å². The van der Waals surface area contributed by atoms with Crippen molar-refractivity contribution < 1.29 is 4.79 Å². The molecule has 0 aromatic carbocycles. The Balaban J connectivity index is 2.08. The Morgan fingerprint density at radius 3 is 3.08 bits per heavy atom. The van der Waals surface area contributed by atoms with Gasteiger partial charge >= 0.3 is 0 Å². The SMILES string of the molecule is CCCCC(=O)N[C@@H]1CCNC1. The minimum Gasteiger partial charge on any atom is -0.352 e. The van der Waals surface area contributed by atoms with Crippen LogP contribution in [0.2, 0.25) is 0 Å². The van der Waals surface area contributed by atoms with Gasteiger partial charge in [-0.25, -0.2) is 0 Å². The number of carbonyl (C=O) groups is 1. The number of rotatable bonds is 4. The maximum absolute atomic E-state index is 11.2. The molecule has 0 saturated carbocycles. The molecule has 0 radical (unpaired) electrons. The van der Waals surface area contributed by atoms with E-state index in [1.54, 1.807) is 0 Å². The number of amides is 1. The summed E-state index contributed by atoms with van der Waals surface area (Å²) >= 11 is 0. The Labute approximate surface area is 73.9 Å². The quantitative estimate of drug-likeness (QED) is 0.650. The van der Waals surface area contributed by atoms with Gasteiger partial charge in [0.1, 0.15) is 0 Å². The summed E-state index contributed by atoms with van der Waals surface area (Å²) in [5.41, 5.74) is 0. The summed E-state index contributed by atoms with van der Waals surface area (Å²) < 4.78 is 0. The van der Waals surface area contributed by atoms with Crippen molar-refractivity contribution in [3.63, 3.8) is 0 Å². The second kappa shape index (κ2) is 5.14. The van der Waals surface area contributed by atoms with Crippen molar-refractivity contribution in [1.29, 1.82) is 0 Å². The van der Waals surface area contributed by atoms with Gasteiger partial charge in [-0.1, -0.05) is 13.3 Å². The molecule has 0 spiro atoms. The number of nitrogens with one attached hydrogen (secondary N) is 2. The Kier molecular flexibility index (Phi) is 4.08. The van der Waals surface area contributed by atoms with Crippen molar-refractivity contribution in [3.05, 3.63) is 0 Å². The highest BCUT2D eigenvalue weighted by molar-refractivity contribution is 5.76. The fourth-order valence-corrected chi connectivity index (χ4v) is 1.42.